The highest BCUT2D eigenvalue weighted by Crippen LogP contribution is 2.29. The first-order chi connectivity index (χ1) is 15.9. The highest BCUT2D eigenvalue weighted by atomic mass is 16.5. The summed E-state index contributed by atoms with van der Waals surface area (Å²) < 4.78 is 11.8. The summed E-state index contributed by atoms with van der Waals surface area (Å²) in [5.41, 5.74) is 7.18. The summed E-state index contributed by atoms with van der Waals surface area (Å²) in [5.74, 6) is -0.705. The predicted octanol–water partition coefficient (Wildman–Crippen LogP) is 3.00. The van der Waals surface area contributed by atoms with Crippen LogP contribution in [0.3, 0.4) is 0 Å². The number of carbonyl (C=O) groups is 1. The third-order valence-electron chi connectivity index (χ3n) is 6.15. The molecule has 1 aliphatic heterocycles. The van der Waals surface area contributed by atoms with Gasteiger partial charge in [-0.25, -0.2) is 9.59 Å². The normalized spacial score (nSPS) is 13.8. The van der Waals surface area contributed by atoms with Crippen molar-refractivity contribution < 1.29 is 19.1 Å². The monoisotopic (exact) mass is 445 g/mol. The van der Waals surface area contributed by atoms with Crippen LogP contribution < -0.4 is 11.1 Å². The number of nitrogens with zero attached hydrogens (tertiary/aromatic N) is 2. The third kappa shape index (κ3) is 3.83. The summed E-state index contributed by atoms with van der Waals surface area (Å²) >= 11 is 0. The van der Waals surface area contributed by atoms with Crippen LogP contribution in [0.2, 0.25) is 0 Å². The van der Waals surface area contributed by atoms with E-state index in [1.165, 1.54) is 4.57 Å². The SMILES string of the molecule is Cc1c(C(O)CNCc2cncc(-c3ccc4oc(=O)n(C)c4c3)c2)ccc2c1COC2=O. The number of carbonyl (C=O) groups excluding carboxylic acids is 1. The molecule has 0 bridgehead atoms. The summed E-state index contributed by atoms with van der Waals surface area (Å²) in [7, 11) is 1.68. The Balaban J connectivity index is 1.28. The Hall–Kier alpha value is -3.75. The minimum atomic E-state index is -0.716. The quantitative estimate of drug-likeness (QED) is 0.440. The molecule has 0 spiro atoms. The molecule has 1 unspecified atom stereocenters. The number of cyclic esters (lactones) is 1. The van der Waals surface area contributed by atoms with Gasteiger partial charge in [0, 0.05) is 43.7 Å². The van der Waals surface area contributed by atoms with Gasteiger partial charge in [-0.3, -0.25) is 9.55 Å². The molecule has 8 heteroatoms. The maximum atomic E-state index is 11.7. The number of hydrogen-bond acceptors (Lipinski definition) is 7. The van der Waals surface area contributed by atoms with Crippen molar-refractivity contribution >= 4 is 17.1 Å². The number of aryl methyl sites for hydroxylation is 1. The fraction of sp³-hybridized carbons (Fsp3) is 0.240. The van der Waals surface area contributed by atoms with Crippen molar-refractivity contribution in [3.05, 3.63) is 87.2 Å². The summed E-state index contributed by atoms with van der Waals surface area (Å²) in [6.45, 7) is 3.03. The van der Waals surface area contributed by atoms with Crippen molar-refractivity contribution in [3.63, 3.8) is 0 Å². The van der Waals surface area contributed by atoms with Crippen molar-refractivity contribution in [1.82, 2.24) is 14.9 Å². The number of nitrogens with one attached hydrogen (secondary N) is 1. The summed E-state index contributed by atoms with van der Waals surface area (Å²) in [6, 6.07) is 11.1. The lowest BCUT2D eigenvalue weighted by atomic mass is 9.95. The van der Waals surface area contributed by atoms with E-state index < -0.39 is 11.9 Å². The number of benzene rings is 2. The highest BCUT2D eigenvalue weighted by Gasteiger charge is 2.25. The first-order valence-corrected chi connectivity index (χ1v) is 10.6. The number of fused-ring (bicyclic) bond motifs is 2. The van der Waals surface area contributed by atoms with E-state index in [1.807, 2.05) is 25.1 Å². The van der Waals surface area contributed by atoms with E-state index in [0.29, 0.717) is 24.2 Å². The molecular weight excluding hydrogens is 422 g/mol. The van der Waals surface area contributed by atoms with Gasteiger partial charge in [-0.1, -0.05) is 12.1 Å². The smallest absolute Gasteiger partial charge is 0.419 e. The predicted molar refractivity (Wildman–Crippen MR) is 122 cm³/mol. The molecule has 2 N–H and O–H groups in total. The fourth-order valence-electron chi connectivity index (χ4n) is 4.24. The van der Waals surface area contributed by atoms with Crippen LogP contribution in [0.1, 0.15) is 38.7 Å². The number of rotatable bonds is 6. The van der Waals surface area contributed by atoms with E-state index in [-0.39, 0.29) is 12.6 Å². The number of ether oxygens (including phenoxy) is 1. The summed E-state index contributed by atoms with van der Waals surface area (Å²) in [5, 5.41) is 14.0. The van der Waals surface area contributed by atoms with Gasteiger partial charge in [0.05, 0.1) is 17.2 Å². The van der Waals surface area contributed by atoms with E-state index >= 15 is 0 Å². The number of hydrogen-bond donors (Lipinski definition) is 2. The van der Waals surface area contributed by atoms with Gasteiger partial charge in [0.1, 0.15) is 6.61 Å². The topological polar surface area (TPSA) is 107 Å². The molecule has 33 heavy (non-hydrogen) atoms. The second kappa shape index (κ2) is 8.31. The van der Waals surface area contributed by atoms with Crippen molar-refractivity contribution in [2.75, 3.05) is 6.54 Å². The minimum absolute atomic E-state index is 0.255. The van der Waals surface area contributed by atoms with Crippen molar-refractivity contribution in [2.24, 2.45) is 7.05 Å². The van der Waals surface area contributed by atoms with Gasteiger partial charge in [-0.05, 0) is 53.4 Å². The molecule has 1 atom stereocenters. The van der Waals surface area contributed by atoms with Crippen molar-refractivity contribution in [3.8, 4) is 11.1 Å². The summed E-state index contributed by atoms with van der Waals surface area (Å²) in [6.07, 6.45) is 2.83. The average molecular weight is 445 g/mol. The van der Waals surface area contributed by atoms with Gasteiger partial charge in [0.25, 0.3) is 0 Å². The lowest BCUT2D eigenvalue weighted by Gasteiger charge is -2.16. The van der Waals surface area contributed by atoms with Gasteiger partial charge in [-0.15, -0.1) is 0 Å². The Morgan fingerprint density at radius 1 is 1.15 bits per heavy atom. The second-order valence-corrected chi connectivity index (χ2v) is 8.22. The molecule has 2 aromatic heterocycles. The van der Waals surface area contributed by atoms with E-state index in [1.54, 1.807) is 37.6 Å². The van der Waals surface area contributed by atoms with Crippen LogP contribution in [0.5, 0.6) is 0 Å². The molecule has 4 aromatic rings. The van der Waals surface area contributed by atoms with Crippen LogP contribution in [0, 0.1) is 6.92 Å². The molecule has 0 amide bonds. The Morgan fingerprint density at radius 3 is 2.85 bits per heavy atom. The number of aliphatic hydroxyl groups excluding tert-OH is 1. The van der Waals surface area contributed by atoms with Crippen LogP contribution in [0.4, 0.5) is 0 Å². The molecule has 5 rings (SSSR count). The fourth-order valence-corrected chi connectivity index (χ4v) is 4.24. The zero-order valence-corrected chi connectivity index (χ0v) is 18.3. The number of esters is 1. The molecule has 0 fully saturated rings. The van der Waals surface area contributed by atoms with Crippen LogP contribution in [0.15, 0.2) is 58.0 Å². The Kier molecular flexibility index (Phi) is 5.32. The van der Waals surface area contributed by atoms with Gasteiger partial charge in [0.15, 0.2) is 5.58 Å². The molecule has 168 valence electrons. The highest BCUT2D eigenvalue weighted by molar-refractivity contribution is 5.94. The molecule has 0 saturated carbocycles. The minimum Gasteiger partial charge on any atom is -0.457 e. The van der Waals surface area contributed by atoms with Gasteiger partial charge in [0.2, 0.25) is 0 Å². The molecule has 3 heterocycles. The molecule has 0 aliphatic carbocycles. The van der Waals surface area contributed by atoms with E-state index in [2.05, 4.69) is 10.3 Å². The Morgan fingerprint density at radius 2 is 2.00 bits per heavy atom. The largest absolute Gasteiger partial charge is 0.457 e. The lowest BCUT2D eigenvalue weighted by Crippen LogP contribution is -2.22. The van der Waals surface area contributed by atoms with Crippen LogP contribution in [-0.4, -0.2) is 27.2 Å². The second-order valence-electron chi connectivity index (χ2n) is 8.22. The van der Waals surface area contributed by atoms with E-state index in [9.17, 15) is 14.7 Å². The molecular formula is C25H23N3O5. The van der Waals surface area contributed by atoms with Crippen molar-refractivity contribution in [2.45, 2.75) is 26.2 Å². The number of pyridine rings is 1. The number of aliphatic hydroxyl groups is 1. The maximum absolute atomic E-state index is 11.7. The Labute approximate surface area is 189 Å². The lowest BCUT2D eigenvalue weighted by molar-refractivity contribution is 0.0535. The average Bonchev–Trinajstić information content (AvgIpc) is 3.33. The number of oxazole rings is 1. The van der Waals surface area contributed by atoms with E-state index in [4.69, 9.17) is 9.15 Å². The molecule has 8 nitrogen and oxygen atoms in total. The molecule has 0 radical (unpaired) electrons. The molecule has 2 aromatic carbocycles. The van der Waals surface area contributed by atoms with E-state index in [0.717, 1.165) is 38.9 Å². The van der Waals surface area contributed by atoms with Gasteiger partial charge in [-0.2, -0.15) is 0 Å². The van der Waals surface area contributed by atoms with Gasteiger partial charge < -0.3 is 19.6 Å². The zero-order valence-electron chi connectivity index (χ0n) is 18.3. The first kappa shape index (κ1) is 21.1. The van der Waals surface area contributed by atoms with Gasteiger partial charge >= 0.3 is 11.7 Å². The maximum Gasteiger partial charge on any atom is 0.419 e. The zero-order chi connectivity index (χ0) is 23.1. The summed E-state index contributed by atoms with van der Waals surface area (Å²) in [4.78, 5) is 27.8. The number of aromatic nitrogens is 2. The Bertz CT molecular complexity index is 1440. The van der Waals surface area contributed by atoms with Crippen LogP contribution >= 0.6 is 0 Å². The standard InChI is InChI=1S/C25H23N3O5/c1-14-18(4-5-19-20(14)13-32-24(19)30)22(29)12-27-10-15-7-17(11-26-9-15)16-3-6-23-21(8-16)28(2)25(31)33-23/h3-9,11,22,27,29H,10,12-13H2,1-2H3. The molecule has 1 aliphatic rings. The first-order valence-electron chi connectivity index (χ1n) is 10.6. The van der Waals surface area contributed by atoms with Crippen molar-refractivity contribution in [1.29, 1.82) is 0 Å². The van der Waals surface area contributed by atoms with Crippen LogP contribution in [0.25, 0.3) is 22.2 Å². The van der Waals surface area contributed by atoms with Crippen LogP contribution in [-0.2, 0) is 24.9 Å². The molecule has 0 saturated heterocycles. The third-order valence-corrected chi connectivity index (χ3v) is 6.15.